The van der Waals surface area contributed by atoms with Crippen molar-refractivity contribution in [3.8, 4) is 22.6 Å². The molecule has 4 nitrogen and oxygen atoms in total. The first kappa shape index (κ1) is 32.7. The van der Waals surface area contributed by atoms with Crippen LogP contribution in [-0.2, 0) is 23.6 Å². The first-order valence-corrected chi connectivity index (χ1v) is 17.9. The van der Waals surface area contributed by atoms with Crippen LogP contribution < -0.4 is 9.47 Å². The van der Waals surface area contributed by atoms with Crippen molar-refractivity contribution in [1.82, 2.24) is 0 Å². The molecule has 258 valence electrons. The van der Waals surface area contributed by atoms with Gasteiger partial charge in [0.15, 0.2) is 0 Å². The lowest BCUT2D eigenvalue weighted by atomic mass is 9.80. The van der Waals surface area contributed by atoms with Crippen molar-refractivity contribution in [1.29, 1.82) is 0 Å². The van der Waals surface area contributed by atoms with Crippen LogP contribution in [0.4, 0.5) is 0 Å². The molecule has 53 heavy (non-hydrogen) atoms. The second-order valence-corrected chi connectivity index (χ2v) is 13.6. The van der Waals surface area contributed by atoms with Crippen LogP contribution in [0.5, 0.6) is 11.5 Å². The van der Waals surface area contributed by atoms with Crippen LogP contribution in [0, 0.1) is 0 Å². The summed E-state index contributed by atoms with van der Waals surface area (Å²) >= 11 is 0. The van der Waals surface area contributed by atoms with Gasteiger partial charge in [0.25, 0.3) is 0 Å². The summed E-state index contributed by atoms with van der Waals surface area (Å²) in [6.45, 7) is 0.197. The minimum atomic E-state index is -0.968. The molecule has 9 rings (SSSR count). The average molecular weight is 691 g/mol. The Hall–Kier alpha value is -6.20. The SMILES string of the molecule is COc1ccc(C(OCc2cc(CO)cc(-c3ccc4c5cccc6cccc(c7cccc3c74)c65)c2)(c2ccccc2)c2ccc(OC)cc2)cc1. The van der Waals surface area contributed by atoms with E-state index in [0.717, 1.165) is 50.4 Å². The lowest BCUT2D eigenvalue weighted by molar-refractivity contribution is 0.000159. The van der Waals surface area contributed by atoms with Gasteiger partial charge in [-0.2, -0.15) is 0 Å². The van der Waals surface area contributed by atoms with E-state index in [9.17, 15) is 5.11 Å². The summed E-state index contributed by atoms with van der Waals surface area (Å²) < 4.78 is 18.4. The number of hydrogen-bond acceptors (Lipinski definition) is 4. The van der Waals surface area contributed by atoms with Crippen LogP contribution in [-0.4, -0.2) is 19.3 Å². The third-order valence-corrected chi connectivity index (χ3v) is 10.7. The number of ether oxygens (including phenoxy) is 3. The highest BCUT2D eigenvalue weighted by atomic mass is 16.5. The molecule has 0 saturated heterocycles. The van der Waals surface area contributed by atoms with Crippen molar-refractivity contribution in [3.05, 3.63) is 192 Å². The zero-order valence-corrected chi connectivity index (χ0v) is 29.7. The van der Waals surface area contributed by atoms with Gasteiger partial charge in [-0.25, -0.2) is 0 Å². The number of fused-ring (bicyclic) bond motifs is 2. The topological polar surface area (TPSA) is 47.9 Å². The van der Waals surface area contributed by atoms with Gasteiger partial charge in [-0.15, -0.1) is 0 Å². The molecule has 0 amide bonds. The fourth-order valence-electron chi connectivity index (χ4n) is 8.26. The summed E-state index contributed by atoms with van der Waals surface area (Å²) in [5.41, 5.74) is 5.90. The maximum absolute atomic E-state index is 10.6. The van der Waals surface area contributed by atoms with Crippen molar-refractivity contribution in [2.75, 3.05) is 14.2 Å². The van der Waals surface area contributed by atoms with Gasteiger partial charge in [-0.05, 0) is 118 Å². The largest absolute Gasteiger partial charge is 0.497 e. The highest BCUT2D eigenvalue weighted by Gasteiger charge is 2.38. The molecule has 0 fully saturated rings. The van der Waals surface area contributed by atoms with E-state index in [0.29, 0.717) is 0 Å². The summed E-state index contributed by atoms with van der Waals surface area (Å²) in [4.78, 5) is 0. The molecule has 0 heterocycles. The van der Waals surface area contributed by atoms with E-state index in [1.165, 1.54) is 43.1 Å². The van der Waals surface area contributed by atoms with Crippen LogP contribution in [0.3, 0.4) is 0 Å². The molecule has 0 saturated carbocycles. The summed E-state index contributed by atoms with van der Waals surface area (Å²) in [7, 11) is 3.35. The van der Waals surface area contributed by atoms with E-state index in [4.69, 9.17) is 14.2 Å². The molecule has 9 aromatic rings. The first-order valence-electron chi connectivity index (χ1n) is 17.9. The monoisotopic (exact) mass is 690 g/mol. The Balaban J connectivity index is 1.20. The minimum absolute atomic E-state index is 0.0851. The molecule has 0 bridgehead atoms. The second-order valence-electron chi connectivity index (χ2n) is 13.6. The van der Waals surface area contributed by atoms with Gasteiger partial charge in [0.1, 0.15) is 17.1 Å². The number of hydrogen-bond donors (Lipinski definition) is 1. The third kappa shape index (κ3) is 5.46. The second kappa shape index (κ2) is 13.4. The van der Waals surface area contributed by atoms with E-state index < -0.39 is 5.60 Å². The van der Waals surface area contributed by atoms with Gasteiger partial charge < -0.3 is 19.3 Å². The Kier molecular flexibility index (Phi) is 8.27. The lowest BCUT2D eigenvalue weighted by Gasteiger charge is -2.36. The molecule has 0 aromatic heterocycles. The molecule has 1 N–H and O–H groups in total. The van der Waals surface area contributed by atoms with Crippen LogP contribution in [0.1, 0.15) is 27.8 Å². The van der Waals surface area contributed by atoms with Crippen molar-refractivity contribution >= 4 is 43.1 Å². The number of methoxy groups -OCH3 is 2. The fraction of sp³-hybridized carbons (Fsp3) is 0.102. The summed E-state index contributed by atoms with van der Waals surface area (Å²) in [5, 5.41) is 20.6. The van der Waals surface area contributed by atoms with Gasteiger partial charge in [0, 0.05) is 0 Å². The predicted molar refractivity (Wildman–Crippen MR) is 216 cm³/mol. The van der Waals surface area contributed by atoms with E-state index in [-0.39, 0.29) is 13.2 Å². The van der Waals surface area contributed by atoms with E-state index in [1.54, 1.807) is 14.2 Å². The molecule has 4 heteroatoms. The normalized spacial score (nSPS) is 11.9. The van der Waals surface area contributed by atoms with E-state index in [1.807, 2.05) is 48.5 Å². The fourth-order valence-corrected chi connectivity index (χ4v) is 8.26. The zero-order valence-electron chi connectivity index (χ0n) is 29.7. The summed E-state index contributed by atoms with van der Waals surface area (Å²) in [6.07, 6.45) is 0. The van der Waals surface area contributed by atoms with Gasteiger partial charge in [0.2, 0.25) is 0 Å². The summed E-state index contributed by atoms with van der Waals surface area (Å²) in [6, 6.07) is 57.1. The van der Waals surface area contributed by atoms with E-state index in [2.05, 4.69) is 115 Å². The number of benzene rings is 9. The Labute approximate surface area is 308 Å². The highest BCUT2D eigenvalue weighted by molar-refractivity contribution is 6.34. The molecule has 0 unspecified atom stereocenters. The summed E-state index contributed by atoms with van der Waals surface area (Å²) in [5.74, 6) is 1.54. The van der Waals surface area contributed by atoms with Crippen molar-refractivity contribution in [2.24, 2.45) is 0 Å². The third-order valence-electron chi connectivity index (χ3n) is 10.7. The Morgan fingerprint density at radius 3 is 1.60 bits per heavy atom. The van der Waals surface area contributed by atoms with Gasteiger partial charge in [0.05, 0.1) is 27.4 Å². The molecule has 9 aromatic carbocycles. The minimum Gasteiger partial charge on any atom is -0.497 e. The standard InChI is InChI=1S/C49H38O4/c1-51-39-21-17-37(18-22-39)49(36-11-4-3-5-12-36,38-19-23-40(52-2)24-20-38)53-31-33-27-32(30-50)28-35(29-33)41-25-26-46-44-14-7-10-34-9-6-13-43(47(34)44)45-16-8-15-42(41)48(45)46/h3-29,50H,30-31H2,1-2H3. The Morgan fingerprint density at radius 2 is 1.00 bits per heavy atom. The molecule has 0 aliphatic carbocycles. The van der Waals surface area contributed by atoms with Crippen LogP contribution >= 0.6 is 0 Å². The van der Waals surface area contributed by atoms with Crippen molar-refractivity contribution in [2.45, 2.75) is 18.8 Å². The quantitative estimate of drug-likeness (QED) is 0.0881. The van der Waals surface area contributed by atoms with Gasteiger partial charge in [-0.1, -0.05) is 127 Å². The number of aliphatic hydroxyl groups excluding tert-OH is 1. The van der Waals surface area contributed by atoms with Crippen LogP contribution in [0.15, 0.2) is 164 Å². The van der Waals surface area contributed by atoms with E-state index >= 15 is 0 Å². The van der Waals surface area contributed by atoms with Gasteiger partial charge >= 0.3 is 0 Å². The van der Waals surface area contributed by atoms with Crippen LogP contribution in [0.25, 0.3) is 54.2 Å². The molecular weight excluding hydrogens is 653 g/mol. The maximum atomic E-state index is 10.6. The smallest absolute Gasteiger partial charge is 0.144 e. The highest BCUT2D eigenvalue weighted by Crippen LogP contribution is 2.45. The zero-order chi connectivity index (χ0) is 35.9. The molecule has 0 atom stereocenters. The molecular formula is C49H38O4. The van der Waals surface area contributed by atoms with Crippen LogP contribution in [0.2, 0.25) is 0 Å². The van der Waals surface area contributed by atoms with Gasteiger partial charge in [-0.3, -0.25) is 0 Å². The van der Waals surface area contributed by atoms with Crippen molar-refractivity contribution in [3.63, 3.8) is 0 Å². The number of rotatable bonds is 10. The molecule has 0 aliphatic heterocycles. The average Bonchev–Trinajstić information content (AvgIpc) is 3.23. The lowest BCUT2D eigenvalue weighted by Crippen LogP contribution is -2.32. The maximum Gasteiger partial charge on any atom is 0.144 e. The molecule has 0 spiro atoms. The Bertz CT molecular complexity index is 2620. The predicted octanol–water partition coefficient (Wildman–Crippen LogP) is 11.4. The molecule has 0 aliphatic rings. The number of aliphatic hydroxyl groups is 1. The Morgan fingerprint density at radius 1 is 0.472 bits per heavy atom. The van der Waals surface area contributed by atoms with Crippen molar-refractivity contribution < 1.29 is 19.3 Å². The molecule has 0 radical (unpaired) electrons. The first-order chi connectivity index (χ1) is 26.1.